The Kier molecular flexibility index (Phi) is 4.26. The van der Waals surface area contributed by atoms with Crippen molar-refractivity contribution in [1.82, 2.24) is 0 Å². The van der Waals surface area contributed by atoms with Crippen molar-refractivity contribution >= 4 is 28.9 Å². The van der Waals surface area contributed by atoms with Crippen molar-refractivity contribution < 1.29 is 4.39 Å². The fourth-order valence-corrected chi connectivity index (χ4v) is 2.00. The molecule has 0 atom stereocenters. The van der Waals surface area contributed by atoms with E-state index in [1.165, 1.54) is 6.07 Å². The van der Waals surface area contributed by atoms with Crippen LogP contribution in [0.4, 0.5) is 10.1 Å². The van der Waals surface area contributed by atoms with E-state index in [1.807, 2.05) is 6.07 Å². The first-order chi connectivity index (χ1) is 9.10. The quantitative estimate of drug-likeness (QED) is 0.897. The Balaban J connectivity index is 2.08. The van der Waals surface area contributed by atoms with E-state index in [9.17, 15) is 4.39 Å². The van der Waals surface area contributed by atoms with Crippen molar-refractivity contribution in [1.29, 1.82) is 5.26 Å². The lowest BCUT2D eigenvalue weighted by Crippen LogP contribution is -1.99. The minimum absolute atomic E-state index is 0.0946. The van der Waals surface area contributed by atoms with Crippen molar-refractivity contribution in [2.24, 2.45) is 0 Å². The molecule has 0 aliphatic carbocycles. The first-order valence-corrected chi connectivity index (χ1v) is 6.23. The highest BCUT2D eigenvalue weighted by molar-refractivity contribution is 6.32. The van der Waals surface area contributed by atoms with Gasteiger partial charge >= 0.3 is 0 Å². The van der Waals surface area contributed by atoms with Crippen LogP contribution in [-0.4, -0.2) is 0 Å². The molecule has 0 amide bonds. The van der Waals surface area contributed by atoms with Crippen molar-refractivity contribution in [3.05, 3.63) is 63.4 Å². The summed E-state index contributed by atoms with van der Waals surface area (Å²) in [6.07, 6.45) is 0. The van der Waals surface area contributed by atoms with Crippen molar-refractivity contribution in [2.45, 2.75) is 6.54 Å². The van der Waals surface area contributed by atoms with Gasteiger partial charge in [-0.3, -0.25) is 0 Å². The summed E-state index contributed by atoms with van der Waals surface area (Å²) >= 11 is 11.6. The SMILES string of the molecule is N#Cc1ccc(NCc2ccc(F)c(Cl)c2)cc1Cl. The molecule has 0 radical (unpaired) electrons. The summed E-state index contributed by atoms with van der Waals surface area (Å²) in [5.74, 6) is -0.438. The van der Waals surface area contributed by atoms with E-state index >= 15 is 0 Å². The number of rotatable bonds is 3. The van der Waals surface area contributed by atoms with Gasteiger partial charge in [0, 0.05) is 12.2 Å². The van der Waals surface area contributed by atoms with Gasteiger partial charge in [0.05, 0.1) is 15.6 Å². The Hall–Kier alpha value is -1.76. The summed E-state index contributed by atoms with van der Waals surface area (Å²) in [6, 6.07) is 11.6. The molecular formula is C14H9Cl2FN2. The van der Waals surface area contributed by atoms with Crippen LogP contribution in [0, 0.1) is 17.1 Å². The molecule has 0 bridgehead atoms. The zero-order valence-electron chi connectivity index (χ0n) is 9.75. The minimum Gasteiger partial charge on any atom is -0.381 e. The highest BCUT2D eigenvalue weighted by Gasteiger charge is 2.03. The second kappa shape index (κ2) is 5.92. The molecule has 0 spiro atoms. The Morgan fingerprint density at radius 2 is 1.89 bits per heavy atom. The predicted octanol–water partition coefficient (Wildman–Crippen LogP) is 4.62. The van der Waals surface area contributed by atoms with Gasteiger partial charge in [-0.05, 0) is 35.9 Å². The molecule has 0 saturated carbocycles. The lowest BCUT2D eigenvalue weighted by molar-refractivity contribution is 0.627. The van der Waals surface area contributed by atoms with E-state index in [0.717, 1.165) is 11.3 Å². The summed E-state index contributed by atoms with van der Waals surface area (Å²) in [5, 5.41) is 12.4. The van der Waals surface area contributed by atoms with Crippen LogP contribution in [0.1, 0.15) is 11.1 Å². The number of nitriles is 1. The van der Waals surface area contributed by atoms with Crippen LogP contribution in [0.25, 0.3) is 0 Å². The van der Waals surface area contributed by atoms with Crippen molar-refractivity contribution in [2.75, 3.05) is 5.32 Å². The van der Waals surface area contributed by atoms with Gasteiger partial charge < -0.3 is 5.32 Å². The van der Waals surface area contributed by atoms with Crippen LogP contribution >= 0.6 is 23.2 Å². The third kappa shape index (κ3) is 3.37. The first kappa shape index (κ1) is 13.7. The first-order valence-electron chi connectivity index (χ1n) is 5.47. The lowest BCUT2D eigenvalue weighted by atomic mass is 10.2. The van der Waals surface area contributed by atoms with Gasteiger partial charge in [-0.2, -0.15) is 5.26 Å². The highest BCUT2D eigenvalue weighted by atomic mass is 35.5. The number of nitrogens with one attached hydrogen (secondary N) is 1. The van der Waals surface area contributed by atoms with Gasteiger partial charge in [-0.25, -0.2) is 4.39 Å². The Bertz CT molecular complexity index is 650. The Morgan fingerprint density at radius 3 is 2.53 bits per heavy atom. The van der Waals surface area contributed by atoms with E-state index < -0.39 is 5.82 Å². The largest absolute Gasteiger partial charge is 0.381 e. The minimum atomic E-state index is -0.438. The summed E-state index contributed by atoms with van der Waals surface area (Å²) in [5.41, 5.74) is 2.06. The molecular weight excluding hydrogens is 286 g/mol. The molecule has 0 aromatic heterocycles. The van der Waals surface area contributed by atoms with Crippen molar-refractivity contribution in [3.8, 4) is 6.07 Å². The number of hydrogen-bond acceptors (Lipinski definition) is 2. The molecule has 0 aliphatic heterocycles. The topological polar surface area (TPSA) is 35.8 Å². The zero-order chi connectivity index (χ0) is 13.8. The van der Waals surface area contributed by atoms with Crippen LogP contribution in [0.2, 0.25) is 10.0 Å². The molecule has 2 nitrogen and oxygen atoms in total. The molecule has 0 unspecified atom stereocenters. The maximum Gasteiger partial charge on any atom is 0.141 e. The molecule has 0 saturated heterocycles. The van der Waals surface area contributed by atoms with Gasteiger partial charge in [0.15, 0.2) is 0 Å². The third-order valence-corrected chi connectivity index (χ3v) is 3.17. The second-order valence-corrected chi connectivity index (χ2v) is 4.72. The van der Waals surface area contributed by atoms with E-state index in [-0.39, 0.29) is 5.02 Å². The molecule has 2 aromatic rings. The van der Waals surface area contributed by atoms with Crippen LogP contribution in [-0.2, 0) is 6.54 Å². The van der Waals surface area contributed by atoms with Crippen LogP contribution in [0.15, 0.2) is 36.4 Å². The van der Waals surface area contributed by atoms with Crippen LogP contribution in [0.5, 0.6) is 0 Å². The molecule has 96 valence electrons. The molecule has 2 aromatic carbocycles. The monoisotopic (exact) mass is 294 g/mol. The zero-order valence-corrected chi connectivity index (χ0v) is 11.3. The Morgan fingerprint density at radius 1 is 1.11 bits per heavy atom. The normalized spacial score (nSPS) is 10.0. The van der Waals surface area contributed by atoms with Gasteiger partial charge in [0.2, 0.25) is 0 Å². The van der Waals surface area contributed by atoms with Gasteiger partial charge in [0.25, 0.3) is 0 Å². The van der Waals surface area contributed by atoms with Crippen molar-refractivity contribution in [3.63, 3.8) is 0 Å². The average Bonchev–Trinajstić information content (AvgIpc) is 2.40. The van der Waals surface area contributed by atoms with E-state index in [2.05, 4.69) is 5.32 Å². The molecule has 2 rings (SSSR count). The third-order valence-electron chi connectivity index (χ3n) is 2.57. The lowest BCUT2D eigenvalue weighted by Gasteiger charge is -2.08. The maximum atomic E-state index is 13.0. The predicted molar refractivity (Wildman–Crippen MR) is 74.9 cm³/mol. The van der Waals surface area contributed by atoms with Crippen LogP contribution < -0.4 is 5.32 Å². The summed E-state index contributed by atoms with van der Waals surface area (Å²) < 4.78 is 13.0. The number of hydrogen-bond donors (Lipinski definition) is 1. The highest BCUT2D eigenvalue weighted by Crippen LogP contribution is 2.21. The fraction of sp³-hybridized carbons (Fsp3) is 0.0714. The number of anilines is 1. The van der Waals surface area contributed by atoms with E-state index in [1.54, 1.807) is 30.3 Å². The second-order valence-electron chi connectivity index (χ2n) is 3.91. The standard InChI is InChI=1S/C14H9Cl2FN2/c15-12-6-11(3-2-10(12)7-18)19-8-9-1-4-14(17)13(16)5-9/h1-6,19H,8H2. The summed E-state index contributed by atoms with van der Waals surface area (Å²) in [7, 11) is 0. The fourth-order valence-electron chi connectivity index (χ4n) is 1.57. The number of halogens is 3. The maximum absolute atomic E-state index is 13.0. The molecule has 1 N–H and O–H groups in total. The number of nitrogens with zero attached hydrogens (tertiary/aromatic N) is 1. The Labute approximate surface area is 120 Å². The molecule has 5 heteroatoms. The summed E-state index contributed by atoms with van der Waals surface area (Å²) in [4.78, 5) is 0. The van der Waals surface area contributed by atoms with Crippen LogP contribution in [0.3, 0.4) is 0 Å². The van der Waals surface area contributed by atoms with Gasteiger partial charge in [-0.1, -0.05) is 29.3 Å². The van der Waals surface area contributed by atoms with E-state index in [4.69, 9.17) is 28.5 Å². The molecule has 19 heavy (non-hydrogen) atoms. The van der Waals surface area contributed by atoms with E-state index in [0.29, 0.717) is 17.1 Å². The average molecular weight is 295 g/mol. The molecule has 0 heterocycles. The smallest absolute Gasteiger partial charge is 0.141 e. The molecule has 0 fully saturated rings. The van der Waals surface area contributed by atoms with Gasteiger partial charge in [-0.15, -0.1) is 0 Å². The van der Waals surface area contributed by atoms with Gasteiger partial charge in [0.1, 0.15) is 11.9 Å². The molecule has 0 aliphatic rings. The summed E-state index contributed by atoms with van der Waals surface area (Å²) in [6.45, 7) is 0.488. The number of benzene rings is 2.